The number of benzene rings is 1. The number of nitrogens with zero attached hydrogens (tertiary/aromatic N) is 4. The van der Waals surface area contributed by atoms with E-state index in [4.69, 9.17) is 4.74 Å². The summed E-state index contributed by atoms with van der Waals surface area (Å²) in [5.74, 6) is -0.271. The molecule has 2 aromatic rings. The van der Waals surface area contributed by atoms with Crippen molar-refractivity contribution in [2.24, 2.45) is 7.05 Å². The number of morpholine rings is 1. The standard InChI is InChI=1S/C17H18FN5O2/c1-22-6-5-20-16(17(22)24)21-10-12-11-23(7-8-25-12)15-4-2-3-14(18)13(15)9-19/h2-6,12H,7-8,10-11H2,1H3,(H,20,21). The van der Waals surface area contributed by atoms with Crippen molar-refractivity contribution in [2.45, 2.75) is 6.10 Å². The second kappa shape index (κ2) is 7.32. The highest BCUT2D eigenvalue weighted by molar-refractivity contribution is 5.60. The number of hydrogen-bond acceptors (Lipinski definition) is 6. The van der Waals surface area contributed by atoms with E-state index in [1.807, 2.05) is 11.0 Å². The Labute approximate surface area is 144 Å². The molecule has 1 aromatic heterocycles. The van der Waals surface area contributed by atoms with E-state index in [-0.39, 0.29) is 23.0 Å². The maximum atomic E-state index is 13.8. The lowest BCUT2D eigenvalue weighted by Gasteiger charge is -2.35. The van der Waals surface area contributed by atoms with Gasteiger partial charge in [0.1, 0.15) is 17.4 Å². The predicted molar refractivity (Wildman–Crippen MR) is 91.0 cm³/mol. The van der Waals surface area contributed by atoms with Gasteiger partial charge in [0.15, 0.2) is 5.82 Å². The van der Waals surface area contributed by atoms with Gasteiger partial charge < -0.3 is 19.5 Å². The van der Waals surface area contributed by atoms with Crippen molar-refractivity contribution in [1.29, 1.82) is 5.26 Å². The SMILES string of the molecule is Cn1ccnc(NCC2CN(c3cccc(F)c3C#N)CCO2)c1=O. The Kier molecular flexibility index (Phi) is 4.95. The predicted octanol–water partition coefficient (Wildman–Crippen LogP) is 1.11. The van der Waals surface area contributed by atoms with Crippen molar-refractivity contribution in [2.75, 3.05) is 36.5 Å². The van der Waals surface area contributed by atoms with Crippen molar-refractivity contribution in [3.05, 3.63) is 52.3 Å². The van der Waals surface area contributed by atoms with E-state index in [0.717, 1.165) is 0 Å². The zero-order valence-electron chi connectivity index (χ0n) is 13.8. The molecule has 7 nitrogen and oxygen atoms in total. The Morgan fingerprint density at radius 2 is 2.36 bits per heavy atom. The summed E-state index contributed by atoms with van der Waals surface area (Å²) < 4.78 is 21.0. The number of anilines is 2. The number of aromatic nitrogens is 2. The minimum atomic E-state index is -0.529. The highest BCUT2D eigenvalue weighted by Gasteiger charge is 2.23. The topological polar surface area (TPSA) is 83.2 Å². The average Bonchev–Trinajstić information content (AvgIpc) is 2.63. The van der Waals surface area contributed by atoms with Gasteiger partial charge in [-0.2, -0.15) is 5.26 Å². The number of rotatable bonds is 4. The van der Waals surface area contributed by atoms with E-state index in [1.54, 1.807) is 31.6 Å². The molecule has 1 fully saturated rings. The quantitative estimate of drug-likeness (QED) is 0.895. The fraction of sp³-hybridized carbons (Fsp3) is 0.353. The zero-order chi connectivity index (χ0) is 17.8. The smallest absolute Gasteiger partial charge is 0.293 e. The normalized spacial score (nSPS) is 17.2. The van der Waals surface area contributed by atoms with Crippen LogP contribution in [0, 0.1) is 17.1 Å². The van der Waals surface area contributed by atoms with Gasteiger partial charge in [-0.1, -0.05) is 6.07 Å². The van der Waals surface area contributed by atoms with Crippen LogP contribution in [0.25, 0.3) is 0 Å². The molecular formula is C17H18FN5O2. The highest BCUT2D eigenvalue weighted by Crippen LogP contribution is 2.24. The molecule has 1 aliphatic rings. The molecular weight excluding hydrogens is 325 g/mol. The molecule has 2 heterocycles. The Morgan fingerprint density at radius 1 is 1.52 bits per heavy atom. The molecule has 1 saturated heterocycles. The van der Waals surface area contributed by atoms with Gasteiger partial charge in [0, 0.05) is 39.1 Å². The fourth-order valence-corrected chi connectivity index (χ4v) is 2.78. The number of ether oxygens (including phenoxy) is 1. The first-order chi connectivity index (χ1) is 12.1. The monoisotopic (exact) mass is 343 g/mol. The second-order valence-corrected chi connectivity index (χ2v) is 5.76. The first-order valence-corrected chi connectivity index (χ1v) is 7.91. The van der Waals surface area contributed by atoms with Crippen LogP contribution in [0.3, 0.4) is 0 Å². The number of aryl methyl sites for hydroxylation is 1. The maximum Gasteiger partial charge on any atom is 0.293 e. The molecule has 0 amide bonds. The summed E-state index contributed by atoms with van der Waals surface area (Å²) in [5, 5.41) is 12.2. The van der Waals surface area contributed by atoms with Gasteiger partial charge in [-0.15, -0.1) is 0 Å². The third-order valence-electron chi connectivity index (χ3n) is 4.10. The Bertz CT molecular complexity index is 861. The number of nitriles is 1. The summed E-state index contributed by atoms with van der Waals surface area (Å²) in [6.45, 7) is 1.90. The van der Waals surface area contributed by atoms with E-state index in [2.05, 4.69) is 10.3 Å². The molecule has 0 radical (unpaired) electrons. The van der Waals surface area contributed by atoms with Gasteiger partial charge in [0.25, 0.3) is 5.56 Å². The minimum Gasteiger partial charge on any atom is -0.373 e. The lowest BCUT2D eigenvalue weighted by atomic mass is 10.1. The van der Waals surface area contributed by atoms with Gasteiger partial charge >= 0.3 is 0 Å². The average molecular weight is 343 g/mol. The Morgan fingerprint density at radius 3 is 3.16 bits per heavy atom. The van der Waals surface area contributed by atoms with Crippen molar-refractivity contribution < 1.29 is 9.13 Å². The van der Waals surface area contributed by atoms with Gasteiger partial charge in [0.05, 0.1) is 18.4 Å². The molecule has 1 unspecified atom stereocenters. The Hall–Kier alpha value is -2.92. The van der Waals surface area contributed by atoms with Crippen molar-refractivity contribution in [3.63, 3.8) is 0 Å². The van der Waals surface area contributed by atoms with Gasteiger partial charge in [0.2, 0.25) is 0 Å². The fourth-order valence-electron chi connectivity index (χ4n) is 2.78. The molecule has 130 valence electrons. The van der Waals surface area contributed by atoms with E-state index >= 15 is 0 Å². The van der Waals surface area contributed by atoms with Gasteiger partial charge in [-0.25, -0.2) is 9.37 Å². The second-order valence-electron chi connectivity index (χ2n) is 5.76. The summed E-state index contributed by atoms with van der Waals surface area (Å²) >= 11 is 0. The zero-order valence-corrected chi connectivity index (χ0v) is 13.8. The largest absolute Gasteiger partial charge is 0.373 e. The molecule has 1 aromatic carbocycles. The maximum absolute atomic E-state index is 13.8. The summed E-state index contributed by atoms with van der Waals surface area (Å²) in [7, 11) is 1.65. The van der Waals surface area contributed by atoms with E-state index < -0.39 is 5.82 Å². The van der Waals surface area contributed by atoms with Crippen LogP contribution in [0.2, 0.25) is 0 Å². The Balaban J connectivity index is 1.70. The molecule has 0 spiro atoms. The minimum absolute atomic E-state index is 0.0368. The summed E-state index contributed by atoms with van der Waals surface area (Å²) in [5.41, 5.74) is 0.381. The molecule has 0 bridgehead atoms. The molecule has 1 aliphatic heterocycles. The first-order valence-electron chi connectivity index (χ1n) is 7.91. The molecule has 0 aliphatic carbocycles. The van der Waals surface area contributed by atoms with E-state index in [9.17, 15) is 14.4 Å². The highest BCUT2D eigenvalue weighted by atomic mass is 19.1. The number of hydrogen-bond donors (Lipinski definition) is 1. The van der Waals surface area contributed by atoms with Gasteiger partial charge in [-0.3, -0.25) is 4.79 Å². The third-order valence-corrected chi connectivity index (χ3v) is 4.10. The van der Waals surface area contributed by atoms with Crippen molar-refractivity contribution in [1.82, 2.24) is 9.55 Å². The van der Waals surface area contributed by atoms with Crippen molar-refractivity contribution in [3.8, 4) is 6.07 Å². The third kappa shape index (κ3) is 3.61. The molecule has 1 N–H and O–H groups in total. The lowest BCUT2D eigenvalue weighted by Crippen LogP contribution is -2.46. The molecule has 8 heteroatoms. The summed E-state index contributed by atoms with van der Waals surface area (Å²) in [4.78, 5) is 17.9. The van der Waals surface area contributed by atoms with Crippen LogP contribution >= 0.6 is 0 Å². The summed E-state index contributed by atoms with van der Waals surface area (Å²) in [6, 6.07) is 6.51. The number of nitrogens with one attached hydrogen (secondary N) is 1. The molecule has 3 rings (SSSR count). The molecule has 25 heavy (non-hydrogen) atoms. The van der Waals surface area contributed by atoms with Crippen LogP contribution in [-0.2, 0) is 11.8 Å². The molecule has 0 saturated carbocycles. The van der Waals surface area contributed by atoms with Crippen molar-refractivity contribution >= 4 is 11.5 Å². The van der Waals surface area contributed by atoms with Gasteiger partial charge in [-0.05, 0) is 12.1 Å². The lowest BCUT2D eigenvalue weighted by molar-refractivity contribution is 0.0491. The van der Waals surface area contributed by atoms with Crippen LogP contribution in [0.1, 0.15) is 5.56 Å². The van der Waals surface area contributed by atoms with E-state index in [1.165, 1.54) is 10.6 Å². The van der Waals surface area contributed by atoms with Crippen LogP contribution in [0.4, 0.5) is 15.9 Å². The number of halogens is 1. The van der Waals surface area contributed by atoms with Crippen LogP contribution in [0.15, 0.2) is 35.4 Å². The molecule has 1 atom stereocenters. The first kappa shape index (κ1) is 16.9. The van der Waals surface area contributed by atoms with Crippen LogP contribution in [0.5, 0.6) is 0 Å². The van der Waals surface area contributed by atoms with E-state index in [0.29, 0.717) is 31.9 Å². The van der Waals surface area contributed by atoms with Crippen LogP contribution in [-0.4, -0.2) is 41.9 Å². The van der Waals surface area contributed by atoms with Crippen LogP contribution < -0.4 is 15.8 Å². The summed E-state index contributed by atoms with van der Waals surface area (Å²) in [6.07, 6.45) is 2.92.